The molecule has 0 aliphatic carbocycles. The molecule has 0 aliphatic heterocycles. The number of nitrogens with two attached hydrogens (primary N) is 1. The third-order valence-electron chi connectivity index (χ3n) is 3.47. The van der Waals surface area contributed by atoms with E-state index >= 15 is 0 Å². The molecule has 0 spiro atoms. The quantitative estimate of drug-likeness (QED) is 0.739. The van der Waals surface area contributed by atoms with E-state index in [0.29, 0.717) is 6.61 Å². The average molecular weight is 290 g/mol. The first-order chi connectivity index (χ1) is 9.89. The number of unbranched alkanes of at least 4 members (excludes halogenated alkanes) is 1. The summed E-state index contributed by atoms with van der Waals surface area (Å²) in [7, 11) is 1.63. The molecule has 0 fully saturated rings. The fourth-order valence-corrected chi connectivity index (χ4v) is 2.05. The lowest BCUT2D eigenvalue weighted by molar-refractivity contribution is 0.289. The fourth-order valence-electron chi connectivity index (χ4n) is 2.05. The van der Waals surface area contributed by atoms with E-state index in [1.165, 1.54) is 0 Å². The average Bonchev–Trinajstić information content (AvgIpc) is 2.46. The molecule has 116 valence electrons. The van der Waals surface area contributed by atoms with Crippen LogP contribution in [-0.2, 0) is 0 Å². The second-order valence-electron chi connectivity index (χ2n) is 5.99. The van der Waals surface area contributed by atoms with Crippen molar-refractivity contribution in [1.29, 1.82) is 5.26 Å². The van der Waals surface area contributed by atoms with Gasteiger partial charge in [-0.25, -0.2) is 0 Å². The van der Waals surface area contributed by atoms with E-state index < -0.39 is 0 Å². The van der Waals surface area contributed by atoms with E-state index in [-0.39, 0.29) is 11.5 Å². The van der Waals surface area contributed by atoms with Gasteiger partial charge in [0.25, 0.3) is 0 Å². The molecule has 1 aromatic carbocycles. The lowest BCUT2D eigenvalue weighted by atomic mass is 9.89. The normalized spacial score (nSPS) is 12.6. The Morgan fingerprint density at radius 3 is 2.62 bits per heavy atom. The number of nitriles is 1. The predicted molar refractivity (Wildman–Crippen MR) is 84.3 cm³/mol. The van der Waals surface area contributed by atoms with Gasteiger partial charge in [0.15, 0.2) is 0 Å². The first-order valence-electron chi connectivity index (χ1n) is 7.37. The smallest absolute Gasteiger partial charge is 0.127 e. The number of hydrogen-bond acceptors (Lipinski definition) is 4. The Morgan fingerprint density at radius 2 is 2.05 bits per heavy atom. The SMILES string of the molecule is COc1ccc([C@H](C)N)c(OCCCCC(C)(C)C#N)c1. The van der Waals surface area contributed by atoms with Gasteiger partial charge in [-0.15, -0.1) is 0 Å². The molecule has 0 radical (unpaired) electrons. The Morgan fingerprint density at radius 1 is 1.33 bits per heavy atom. The summed E-state index contributed by atoms with van der Waals surface area (Å²) in [5.41, 5.74) is 6.68. The van der Waals surface area contributed by atoms with Gasteiger partial charge in [-0.05, 0) is 46.1 Å². The Balaban J connectivity index is 2.53. The van der Waals surface area contributed by atoms with Crippen LogP contribution in [0.3, 0.4) is 0 Å². The number of nitrogens with zero attached hydrogens (tertiary/aromatic N) is 1. The minimum Gasteiger partial charge on any atom is -0.497 e. The van der Waals surface area contributed by atoms with Crippen molar-refractivity contribution in [3.63, 3.8) is 0 Å². The molecule has 0 saturated heterocycles. The van der Waals surface area contributed by atoms with Crippen LogP contribution in [-0.4, -0.2) is 13.7 Å². The maximum absolute atomic E-state index is 8.97. The molecule has 2 N–H and O–H groups in total. The molecule has 4 nitrogen and oxygen atoms in total. The summed E-state index contributed by atoms with van der Waals surface area (Å²) in [4.78, 5) is 0. The molecule has 0 heterocycles. The molecule has 0 bridgehead atoms. The Bertz CT molecular complexity index is 490. The van der Waals surface area contributed by atoms with Gasteiger partial charge >= 0.3 is 0 Å². The van der Waals surface area contributed by atoms with E-state index in [1.54, 1.807) is 7.11 Å². The van der Waals surface area contributed by atoms with E-state index in [0.717, 1.165) is 36.3 Å². The lowest BCUT2D eigenvalue weighted by Crippen LogP contribution is -2.10. The highest BCUT2D eigenvalue weighted by atomic mass is 16.5. The van der Waals surface area contributed by atoms with Gasteiger partial charge in [0.2, 0.25) is 0 Å². The van der Waals surface area contributed by atoms with Crippen LogP contribution < -0.4 is 15.2 Å². The van der Waals surface area contributed by atoms with Crippen molar-refractivity contribution < 1.29 is 9.47 Å². The second kappa shape index (κ2) is 7.90. The number of rotatable bonds is 8. The summed E-state index contributed by atoms with van der Waals surface area (Å²) in [6, 6.07) is 7.94. The van der Waals surface area contributed by atoms with Crippen LogP contribution in [0.2, 0.25) is 0 Å². The minimum absolute atomic E-state index is 0.0802. The topological polar surface area (TPSA) is 68.3 Å². The summed E-state index contributed by atoms with van der Waals surface area (Å²) < 4.78 is 11.1. The lowest BCUT2D eigenvalue weighted by Gasteiger charge is -2.17. The highest BCUT2D eigenvalue weighted by molar-refractivity contribution is 5.42. The third-order valence-corrected chi connectivity index (χ3v) is 3.47. The number of ether oxygens (including phenoxy) is 2. The minimum atomic E-state index is -0.257. The summed E-state index contributed by atoms with van der Waals surface area (Å²) in [5, 5.41) is 8.97. The van der Waals surface area contributed by atoms with Crippen LogP contribution in [0.1, 0.15) is 51.6 Å². The van der Waals surface area contributed by atoms with E-state index in [1.807, 2.05) is 39.0 Å². The third kappa shape index (κ3) is 5.65. The summed E-state index contributed by atoms with van der Waals surface area (Å²) >= 11 is 0. The van der Waals surface area contributed by atoms with Gasteiger partial charge in [-0.1, -0.05) is 6.07 Å². The predicted octanol–water partition coefficient (Wildman–Crippen LogP) is 3.81. The Kier molecular flexibility index (Phi) is 6.51. The summed E-state index contributed by atoms with van der Waals surface area (Å²) in [6.45, 7) is 6.48. The summed E-state index contributed by atoms with van der Waals surface area (Å²) in [6.07, 6.45) is 2.77. The molecule has 0 aliphatic rings. The van der Waals surface area contributed by atoms with Crippen molar-refractivity contribution >= 4 is 0 Å². The molecule has 21 heavy (non-hydrogen) atoms. The molecule has 1 aromatic rings. The van der Waals surface area contributed by atoms with Crippen molar-refractivity contribution in [2.24, 2.45) is 11.1 Å². The standard InChI is InChI=1S/C17H26N2O2/c1-13(19)15-8-7-14(20-4)11-16(15)21-10-6-5-9-17(2,3)12-18/h7-8,11,13H,5-6,9-10,19H2,1-4H3/t13-/m0/s1. The highest BCUT2D eigenvalue weighted by Gasteiger charge is 2.15. The number of methoxy groups -OCH3 is 1. The van der Waals surface area contributed by atoms with Gasteiger partial charge in [-0.3, -0.25) is 0 Å². The van der Waals surface area contributed by atoms with Crippen LogP contribution in [0.5, 0.6) is 11.5 Å². The van der Waals surface area contributed by atoms with Crippen molar-refractivity contribution in [2.75, 3.05) is 13.7 Å². The molecule has 1 atom stereocenters. The van der Waals surface area contributed by atoms with Crippen molar-refractivity contribution in [2.45, 2.75) is 46.1 Å². The molecule has 1 rings (SSSR count). The van der Waals surface area contributed by atoms with Gasteiger partial charge in [0, 0.05) is 17.7 Å². The monoisotopic (exact) mass is 290 g/mol. The largest absolute Gasteiger partial charge is 0.497 e. The number of hydrogen-bond donors (Lipinski definition) is 1. The molecular formula is C17H26N2O2. The van der Waals surface area contributed by atoms with Crippen molar-refractivity contribution in [1.82, 2.24) is 0 Å². The van der Waals surface area contributed by atoms with Crippen molar-refractivity contribution in [3.05, 3.63) is 23.8 Å². The first kappa shape index (κ1) is 17.3. The van der Waals surface area contributed by atoms with Crippen LogP contribution in [0.15, 0.2) is 18.2 Å². The maximum Gasteiger partial charge on any atom is 0.127 e. The molecule has 4 heteroatoms. The van der Waals surface area contributed by atoms with E-state index in [2.05, 4.69) is 6.07 Å². The molecule has 0 unspecified atom stereocenters. The Hall–Kier alpha value is -1.73. The van der Waals surface area contributed by atoms with Crippen LogP contribution in [0.4, 0.5) is 0 Å². The Labute approximate surface area is 127 Å². The van der Waals surface area contributed by atoms with E-state index in [4.69, 9.17) is 20.5 Å². The highest BCUT2D eigenvalue weighted by Crippen LogP contribution is 2.29. The zero-order chi connectivity index (χ0) is 15.9. The second-order valence-corrected chi connectivity index (χ2v) is 5.99. The van der Waals surface area contributed by atoms with E-state index in [9.17, 15) is 0 Å². The zero-order valence-corrected chi connectivity index (χ0v) is 13.5. The van der Waals surface area contributed by atoms with Gasteiger partial charge in [0.05, 0.1) is 25.2 Å². The van der Waals surface area contributed by atoms with Crippen molar-refractivity contribution in [3.8, 4) is 17.6 Å². The first-order valence-corrected chi connectivity index (χ1v) is 7.37. The number of benzene rings is 1. The van der Waals surface area contributed by atoms with Crippen LogP contribution in [0, 0.1) is 16.7 Å². The fraction of sp³-hybridized carbons (Fsp3) is 0.588. The molecule has 0 aromatic heterocycles. The molecule has 0 amide bonds. The maximum atomic E-state index is 8.97. The van der Waals surface area contributed by atoms with Crippen LogP contribution >= 0.6 is 0 Å². The summed E-state index contributed by atoms with van der Waals surface area (Å²) in [5.74, 6) is 1.55. The molecular weight excluding hydrogens is 264 g/mol. The van der Waals surface area contributed by atoms with Gasteiger partial charge in [-0.2, -0.15) is 5.26 Å². The van der Waals surface area contributed by atoms with Gasteiger partial charge in [0.1, 0.15) is 11.5 Å². The zero-order valence-electron chi connectivity index (χ0n) is 13.5. The molecule has 0 saturated carbocycles. The van der Waals surface area contributed by atoms with Crippen LogP contribution in [0.25, 0.3) is 0 Å². The van der Waals surface area contributed by atoms with Gasteiger partial charge < -0.3 is 15.2 Å².